The summed E-state index contributed by atoms with van der Waals surface area (Å²) in [7, 11) is 0. The minimum absolute atomic E-state index is 0.732. The molecule has 0 amide bonds. The van der Waals surface area contributed by atoms with Crippen molar-refractivity contribution in [3.8, 4) is 5.75 Å². The molecule has 3 heteroatoms. The first kappa shape index (κ1) is 12.6. The fraction of sp³-hybridized carbons (Fsp3) is 0.571. The summed E-state index contributed by atoms with van der Waals surface area (Å²) in [4.78, 5) is 0. The van der Waals surface area contributed by atoms with Crippen molar-refractivity contribution < 1.29 is 4.74 Å². The molecule has 0 unspecified atom stereocenters. The first-order valence-corrected chi connectivity index (χ1v) is 7.50. The molecule has 1 saturated carbocycles. The molecular formula is C14H21NOS. The molecule has 0 aromatic heterocycles. The molecular weight excluding hydrogens is 230 g/mol. The average molecular weight is 251 g/mol. The lowest BCUT2D eigenvalue weighted by Crippen LogP contribution is -2.11. The minimum atomic E-state index is 0.732. The quantitative estimate of drug-likeness (QED) is 0.640. The second kappa shape index (κ2) is 6.80. The summed E-state index contributed by atoms with van der Waals surface area (Å²) in [6.07, 6.45) is 7.01. The molecule has 0 aliphatic heterocycles. The van der Waals surface area contributed by atoms with Crippen LogP contribution in [0.1, 0.15) is 32.1 Å². The summed E-state index contributed by atoms with van der Waals surface area (Å²) in [6.45, 7) is 0.759. The normalized spacial score (nSPS) is 16.9. The number of anilines is 1. The first-order valence-electron chi connectivity index (χ1n) is 6.45. The van der Waals surface area contributed by atoms with Crippen LogP contribution in [0, 0.1) is 0 Å². The molecule has 17 heavy (non-hydrogen) atoms. The number of nitrogen functional groups attached to an aromatic ring is 1. The molecule has 0 atom stereocenters. The van der Waals surface area contributed by atoms with Gasteiger partial charge >= 0.3 is 0 Å². The van der Waals surface area contributed by atoms with E-state index in [0.29, 0.717) is 0 Å². The van der Waals surface area contributed by atoms with Gasteiger partial charge in [-0.05, 0) is 25.0 Å². The fourth-order valence-corrected chi connectivity index (χ4v) is 3.39. The van der Waals surface area contributed by atoms with E-state index < -0.39 is 0 Å². The number of nitrogens with two attached hydrogens (primary N) is 1. The van der Waals surface area contributed by atoms with Gasteiger partial charge in [0.2, 0.25) is 0 Å². The highest BCUT2D eigenvalue weighted by atomic mass is 32.2. The highest BCUT2D eigenvalue weighted by Crippen LogP contribution is 2.28. The summed E-state index contributed by atoms with van der Waals surface area (Å²) in [6, 6.07) is 7.70. The molecule has 2 nitrogen and oxygen atoms in total. The van der Waals surface area contributed by atoms with E-state index in [1.165, 1.54) is 32.1 Å². The Kier molecular flexibility index (Phi) is 5.05. The predicted molar refractivity (Wildman–Crippen MR) is 75.7 cm³/mol. The van der Waals surface area contributed by atoms with Crippen molar-refractivity contribution in [2.45, 2.75) is 37.4 Å². The Bertz CT molecular complexity index is 337. The smallest absolute Gasteiger partial charge is 0.142 e. The molecule has 1 fully saturated rings. The largest absolute Gasteiger partial charge is 0.491 e. The predicted octanol–water partition coefficient (Wildman–Crippen LogP) is 3.71. The van der Waals surface area contributed by atoms with Gasteiger partial charge in [-0.25, -0.2) is 0 Å². The molecule has 1 aliphatic carbocycles. The van der Waals surface area contributed by atoms with Crippen LogP contribution in [-0.2, 0) is 0 Å². The summed E-state index contributed by atoms with van der Waals surface area (Å²) in [5.74, 6) is 1.88. The lowest BCUT2D eigenvalue weighted by atomic mass is 10.0. The third-order valence-corrected chi connectivity index (χ3v) is 4.51. The number of thioether (sulfide) groups is 1. The lowest BCUT2D eigenvalue weighted by Gasteiger charge is -2.20. The van der Waals surface area contributed by atoms with E-state index in [4.69, 9.17) is 10.5 Å². The zero-order chi connectivity index (χ0) is 11.9. The second-order valence-corrected chi connectivity index (χ2v) is 5.93. The summed E-state index contributed by atoms with van der Waals surface area (Å²) < 4.78 is 5.68. The van der Waals surface area contributed by atoms with Gasteiger partial charge in [-0.2, -0.15) is 11.8 Å². The molecule has 0 spiro atoms. The second-order valence-electron chi connectivity index (χ2n) is 4.52. The van der Waals surface area contributed by atoms with E-state index in [1.807, 2.05) is 24.3 Å². The van der Waals surface area contributed by atoms with Gasteiger partial charge in [0.1, 0.15) is 5.75 Å². The maximum absolute atomic E-state index is 5.81. The van der Waals surface area contributed by atoms with Crippen LogP contribution in [0.2, 0.25) is 0 Å². The highest BCUT2D eigenvalue weighted by molar-refractivity contribution is 7.99. The highest BCUT2D eigenvalue weighted by Gasteiger charge is 2.13. The van der Waals surface area contributed by atoms with Gasteiger partial charge in [-0.3, -0.25) is 0 Å². The molecule has 0 radical (unpaired) electrons. The molecule has 1 aromatic rings. The summed E-state index contributed by atoms with van der Waals surface area (Å²) >= 11 is 2.06. The van der Waals surface area contributed by atoms with Crippen LogP contribution >= 0.6 is 11.8 Å². The van der Waals surface area contributed by atoms with Crippen LogP contribution in [0.15, 0.2) is 24.3 Å². The van der Waals surface area contributed by atoms with Gasteiger partial charge < -0.3 is 10.5 Å². The Morgan fingerprint density at radius 3 is 2.71 bits per heavy atom. The van der Waals surface area contributed by atoms with Gasteiger partial charge in [-0.1, -0.05) is 31.4 Å². The standard InChI is InChI=1S/C14H21NOS/c15-13-8-4-5-9-14(13)16-10-11-17-12-6-2-1-3-7-12/h4-5,8-9,12H,1-3,6-7,10-11,15H2. The van der Waals surface area contributed by atoms with Crippen molar-refractivity contribution in [2.24, 2.45) is 0 Å². The topological polar surface area (TPSA) is 35.2 Å². The van der Waals surface area contributed by atoms with Crippen molar-refractivity contribution in [1.82, 2.24) is 0 Å². The number of para-hydroxylation sites is 2. The van der Waals surface area contributed by atoms with Crippen molar-refractivity contribution in [3.63, 3.8) is 0 Å². The number of benzene rings is 1. The van der Waals surface area contributed by atoms with Crippen molar-refractivity contribution in [3.05, 3.63) is 24.3 Å². The van der Waals surface area contributed by atoms with Gasteiger partial charge in [0.25, 0.3) is 0 Å². The Morgan fingerprint density at radius 2 is 1.94 bits per heavy atom. The lowest BCUT2D eigenvalue weighted by molar-refractivity contribution is 0.345. The van der Waals surface area contributed by atoms with E-state index in [1.54, 1.807) is 0 Å². The van der Waals surface area contributed by atoms with E-state index >= 15 is 0 Å². The average Bonchev–Trinajstić information content (AvgIpc) is 2.38. The first-order chi connectivity index (χ1) is 8.36. The Hall–Kier alpha value is -0.830. The molecule has 0 bridgehead atoms. The number of ether oxygens (including phenoxy) is 1. The van der Waals surface area contributed by atoms with E-state index in [-0.39, 0.29) is 0 Å². The van der Waals surface area contributed by atoms with E-state index in [2.05, 4.69) is 11.8 Å². The van der Waals surface area contributed by atoms with Gasteiger partial charge in [0.05, 0.1) is 12.3 Å². The van der Waals surface area contributed by atoms with Crippen LogP contribution in [-0.4, -0.2) is 17.6 Å². The van der Waals surface area contributed by atoms with Crippen LogP contribution in [0.25, 0.3) is 0 Å². The van der Waals surface area contributed by atoms with Crippen LogP contribution in [0.5, 0.6) is 5.75 Å². The van der Waals surface area contributed by atoms with E-state index in [9.17, 15) is 0 Å². The number of hydrogen-bond acceptors (Lipinski definition) is 3. The molecule has 0 heterocycles. The van der Waals surface area contributed by atoms with Crippen LogP contribution < -0.4 is 10.5 Å². The molecule has 94 valence electrons. The minimum Gasteiger partial charge on any atom is -0.491 e. The Balaban J connectivity index is 1.64. The van der Waals surface area contributed by atoms with Gasteiger partial charge in [0, 0.05) is 11.0 Å². The molecule has 2 N–H and O–H groups in total. The maximum atomic E-state index is 5.81. The third kappa shape index (κ3) is 4.15. The van der Waals surface area contributed by atoms with Crippen molar-refractivity contribution in [2.75, 3.05) is 18.1 Å². The molecule has 1 aromatic carbocycles. The van der Waals surface area contributed by atoms with Gasteiger partial charge in [-0.15, -0.1) is 0 Å². The zero-order valence-corrected chi connectivity index (χ0v) is 11.0. The van der Waals surface area contributed by atoms with Crippen molar-refractivity contribution >= 4 is 17.4 Å². The fourth-order valence-electron chi connectivity index (χ4n) is 2.21. The number of rotatable bonds is 5. The zero-order valence-electron chi connectivity index (χ0n) is 10.2. The van der Waals surface area contributed by atoms with Crippen LogP contribution in [0.4, 0.5) is 5.69 Å². The molecule has 2 rings (SSSR count). The Morgan fingerprint density at radius 1 is 1.18 bits per heavy atom. The summed E-state index contributed by atoms with van der Waals surface area (Å²) in [5, 5.41) is 0.862. The molecule has 0 saturated heterocycles. The monoisotopic (exact) mass is 251 g/mol. The van der Waals surface area contributed by atoms with Crippen LogP contribution in [0.3, 0.4) is 0 Å². The Labute approximate surface area is 108 Å². The SMILES string of the molecule is Nc1ccccc1OCCSC1CCCCC1. The third-order valence-electron chi connectivity index (χ3n) is 3.17. The van der Waals surface area contributed by atoms with E-state index in [0.717, 1.165) is 29.0 Å². The number of hydrogen-bond donors (Lipinski definition) is 1. The maximum Gasteiger partial charge on any atom is 0.142 e. The van der Waals surface area contributed by atoms with Gasteiger partial charge in [0.15, 0.2) is 0 Å². The molecule has 1 aliphatic rings. The summed E-state index contributed by atoms with van der Waals surface area (Å²) in [5.41, 5.74) is 6.55. The van der Waals surface area contributed by atoms with Crippen molar-refractivity contribution in [1.29, 1.82) is 0 Å².